The second-order valence-corrected chi connectivity index (χ2v) is 6.36. The summed E-state index contributed by atoms with van der Waals surface area (Å²) in [5, 5.41) is 6.69. The first-order valence-electron chi connectivity index (χ1n) is 8.88. The van der Waals surface area contributed by atoms with Crippen LogP contribution in [0.15, 0.2) is 0 Å². The molecule has 0 aromatic rings. The second-order valence-electron chi connectivity index (χ2n) is 6.36. The van der Waals surface area contributed by atoms with E-state index >= 15 is 0 Å². The van der Waals surface area contributed by atoms with Crippen LogP contribution in [0.4, 0.5) is 0 Å². The molecule has 3 unspecified atom stereocenters. The number of carbonyl (C=O) groups excluding carboxylic acids is 1. The maximum atomic E-state index is 12.3. The third-order valence-corrected chi connectivity index (χ3v) is 4.59. The van der Waals surface area contributed by atoms with Crippen LogP contribution in [0.2, 0.25) is 0 Å². The third kappa shape index (κ3) is 5.95. The highest BCUT2D eigenvalue weighted by atomic mass is 16.2. The predicted molar refractivity (Wildman–Crippen MR) is 89.5 cm³/mol. The molecule has 0 aliphatic carbocycles. The van der Waals surface area contributed by atoms with Crippen LogP contribution < -0.4 is 10.6 Å². The minimum Gasteiger partial charge on any atom is -0.355 e. The average molecular weight is 297 g/mol. The average Bonchev–Trinajstić information content (AvgIpc) is 2.52. The van der Waals surface area contributed by atoms with E-state index in [0.717, 1.165) is 38.9 Å². The molecule has 0 bridgehead atoms. The standard InChI is InChI=1S/C17H35N3O/c1-5-7-12-19-17(21)15(4)20-13-9-8-10-16(20)14(3)18-11-6-2/h14-16,18H,5-13H2,1-4H3,(H,19,21). The van der Waals surface area contributed by atoms with Crippen molar-refractivity contribution in [3.63, 3.8) is 0 Å². The number of nitrogens with zero attached hydrogens (tertiary/aromatic N) is 1. The van der Waals surface area contributed by atoms with Crippen molar-refractivity contribution in [1.29, 1.82) is 0 Å². The first kappa shape index (κ1) is 18.4. The first-order chi connectivity index (χ1) is 10.1. The number of amides is 1. The molecule has 1 aliphatic heterocycles. The summed E-state index contributed by atoms with van der Waals surface area (Å²) in [5.41, 5.74) is 0. The van der Waals surface area contributed by atoms with Crippen LogP contribution in [0.3, 0.4) is 0 Å². The molecule has 1 fully saturated rings. The minimum atomic E-state index is -0.0157. The summed E-state index contributed by atoms with van der Waals surface area (Å²) in [5.74, 6) is 0.193. The Hall–Kier alpha value is -0.610. The van der Waals surface area contributed by atoms with Gasteiger partial charge < -0.3 is 10.6 Å². The fourth-order valence-electron chi connectivity index (χ4n) is 3.19. The Morgan fingerprint density at radius 1 is 1.19 bits per heavy atom. The van der Waals surface area contributed by atoms with Gasteiger partial charge in [0.15, 0.2) is 0 Å². The van der Waals surface area contributed by atoms with Crippen molar-refractivity contribution >= 4 is 5.91 Å². The number of unbranched alkanes of at least 4 members (excludes halogenated alkanes) is 1. The Labute approximate surface area is 131 Å². The molecule has 0 aromatic heterocycles. The highest BCUT2D eigenvalue weighted by Crippen LogP contribution is 2.22. The minimum absolute atomic E-state index is 0.0157. The van der Waals surface area contributed by atoms with Gasteiger partial charge in [0.1, 0.15) is 0 Å². The third-order valence-electron chi connectivity index (χ3n) is 4.59. The smallest absolute Gasteiger partial charge is 0.237 e. The summed E-state index contributed by atoms with van der Waals surface area (Å²) in [4.78, 5) is 14.7. The fraction of sp³-hybridized carbons (Fsp3) is 0.941. The van der Waals surface area contributed by atoms with E-state index in [4.69, 9.17) is 0 Å². The monoisotopic (exact) mass is 297 g/mol. The highest BCUT2D eigenvalue weighted by Gasteiger charge is 2.32. The Morgan fingerprint density at radius 3 is 2.62 bits per heavy atom. The molecule has 2 N–H and O–H groups in total. The van der Waals surface area contributed by atoms with Gasteiger partial charge in [0.25, 0.3) is 0 Å². The number of piperidine rings is 1. The molecular formula is C17H35N3O. The van der Waals surface area contributed by atoms with Crippen LogP contribution in [-0.4, -0.2) is 48.6 Å². The van der Waals surface area contributed by atoms with E-state index in [0.29, 0.717) is 12.1 Å². The number of carbonyl (C=O) groups is 1. The van der Waals surface area contributed by atoms with E-state index in [2.05, 4.69) is 43.2 Å². The van der Waals surface area contributed by atoms with Crippen molar-refractivity contribution in [2.75, 3.05) is 19.6 Å². The lowest BCUT2D eigenvalue weighted by molar-refractivity contribution is -0.127. The lowest BCUT2D eigenvalue weighted by Crippen LogP contribution is -2.57. The number of likely N-dealkylation sites (tertiary alicyclic amines) is 1. The molecular weight excluding hydrogens is 262 g/mol. The molecule has 0 radical (unpaired) electrons. The van der Waals surface area contributed by atoms with Gasteiger partial charge in [-0.05, 0) is 52.6 Å². The Balaban J connectivity index is 2.56. The number of rotatable bonds is 9. The second kappa shape index (κ2) is 10.2. The zero-order valence-corrected chi connectivity index (χ0v) is 14.5. The molecule has 1 heterocycles. The van der Waals surface area contributed by atoms with E-state index in [1.807, 2.05) is 0 Å². The lowest BCUT2D eigenvalue weighted by Gasteiger charge is -2.42. The van der Waals surface area contributed by atoms with Gasteiger partial charge in [-0.15, -0.1) is 0 Å². The zero-order chi connectivity index (χ0) is 15.7. The van der Waals surface area contributed by atoms with E-state index in [9.17, 15) is 4.79 Å². The number of hydrogen-bond acceptors (Lipinski definition) is 3. The van der Waals surface area contributed by atoms with E-state index in [-0.39, 0.29) is 11.9 Å². The SMILES string of the molecule is CCCCNC(=O)C(C)N1CCCCC1C(C)NCCC. The molecule has 0 spiro atoms. The summed E-state index contributed by atoms with van der Waals surface area (Å²) < 4.78 is 0. The lowest BCUT2D eigenvalue weighted by atomic mass is 9.94. The Kier molecular flexibility index (Phi) is 8.93. The molecule has 124 valence electrons. The molecule has 0 saturated carbocycles. The largest absolute Gasteiger partial charge is 0.355 e. The van der Waals surface area contributed by atoms with Gasteiger partial charge in [0, 0.05) is 18.6 Å². The molecule has 1 saturated heterocycles. The van der Waals surface area contributed by atoms with Crippen molar-refractivity contribution in [2.45, 2.75) is 84.3 Å². The number of hydrogen-bond donors (Lipinski definition) is 2. The Morgan fingerprint density at radius 2 is 1.95 bits per heavy atom. The molecule has 1 aliphatic rings. The van der Waals surface area contributed by atoms with Crippen LogP contribution in [-0.2, 0) is 4.79 Å². The van der Waals surface area contributed by atoms with Crippen LogP contribution in [0, 0.1) is 0 Å². The van der Waals surface area contributed by atoms with Gasteiger partial charge in [0.2, 0.25) is 5.91 Å². The van der Waals surface area contributed by atoms with Crippen molar-refractivity contribution in [2.24, 2.45) is 0 Å². The topological polar surface area (TPSA) is 44.4 Å². The predicted octanol–water partition coefficient (Wildman–Crippen LogP) is 2.53. The van der Waals surface area contributed by atoms with Crippen molar-refractivity contribution < 1.29 is 4.79 Å². The summed E-state index contributed by atoms with van der Waals surface area (Å²) in [6.45, 7) is 11.6. The highest BCUT2D eigenvalue weighted by molar-refractivity contribution is 5.81. The molecule has 4 heteroatoms. The normalized spacial score (nSPS) is 22.8. The van der Waals surface area contributed by atoms with E-state index in [1.54, 1.807) is 0 Å². The molecule has 1 amide bonds. The van der Waals surface area contributed by atoms with Crippen molar-refractivity contribution in [3.8, 4) is 0 Å². The van der Waals surface area contributed by atoms with E-state index < -0.39 is 0 Å². The maximum absolute atomic E-state index is 12.3. The quantitative estimate of drug-likeness (QED) is 0.643. The summed E-state index contributed by atoms with van der Waals surface area (Å²) in [7, 11) is 0. The van der Waals surface area contributed by atoms with Gasteiger partial charge in [-0.25, -0.2) is 0 Å². The fourth-order valence-corrected chi connectivity index (χ4v) is 3.19. The van der Waals surface area contributed by atoms with Gasteiger partial charge in [0.05, 0.1) is 6.04 Å². The van der Waals surface area contributed by atoms with Gasteiger partial charge in [-0.2, -0.15) is 0 Å². The molecule has 1 rings (SSSR count). The summed E-state index contributed by atoms with van der Waals surface area (Å²) in [6.07, 6.45) is 7.04. The molecule has 21 heavy (non-hydrogen) atoms. The van der Waals surface area contributed by atoms with Gasteiger partial charge in [-0.3, -0.25) is 9.69 Å². The maximum Gasteiger partial charge on any atom is 0.237 e. The number of nitrogens with one attached hydrogen (secondary N) is 2. The first-order valence-corrected chi connectivity index (χ1v) is 8.88. The van der Waals surface area contributed by atoms with Gasteiger partial charge in [-0.1, -0.05) is 26.7 Å². The van der Waals surface area contributed by atoms with Gasteiger partial charge >= 0.3 is 0 Å². The van der Waals surface area contributed by atoms with Crippen LogP contribution in [0.25, 0.3) is 0 Å². The Bertz CT molecular complexity index is 296. The van der Waals surface area contributed by atoms with Crippen LogP contribution in [0.5, 0.6) is 0 Å². The summed E-state index contributed by atoms with van der Waals surface area (Å²) >= 11 is 0. The molecule has 3 atom stereocenters. The van der Waals surface area contributed by atoms with E-state index in [1.165, 1.54) is 19.3 Å². The molecule has 0 aromatic carbocycles. The summed E-state index contributed by atoms with van der Waals surface area (Å²) in [6, 6.07) is 0.923. The van der Waals surface area contributed by atoms with Crippen LogP contribution >= 0.6 is 0 Å². The molecule has 4 nitrogen and oxygen atoms in total. The zero-order valence-electron chi connectivity index (χ0n) is 14.5. The van der Waals surface area contributed by atoms with Crippen LogP contribution in [0.1, 0.15) is 66.2 Å². The van der Waals surface area contributed by atoms with Crippen molar-refractivity contribution in [1.82, 2.24) is 15.5 Å². The van der Waals surface area contributed by atoms with Crippen molar-refractivity contribution in [3.05, 3.63) is 0 Å².